The van der Waals surface area contributed by atoms with Crippen LogP contribution in [0.5, 0.6) is 0 Å². The normalized spacial score (nSPS) is 27.6. The molecule has 1 aromatic rings. The van der Waals surface area contributed by atoms with Gasteiger partial charge in [-0.2, -0.15) is 0 Å². The molecule has 0 radical (unpaired) electrons. The minimum absolute atomic E-state index is 0.0725. The molecule has 1 saturated carbocycles. The molecule has 0 saturated heterocycles. The number of pyridine rings is 1. The van der Waals surface area contributed by atoms with Crippen molar-refractivity contribution in [2.75, 3.05) is 0 Å². The summed E-state index contributed by atoms with van der Waals surface area (Å²) in [5, 5.41) is 10.2. The summed E-state index contributed by atoms with van der Waals surface area (Å²) in [5.41, 5.74) is -0.642. The molecule has 14 heavy (non-hydrogen) atoms. The molecule has 0 aromatic carbocycles. The fourth-order valence-corrected chi connectivity index (χ4v) is 1.93. The quantitative estimate of drug-likeness (QED) is 0.730. The maximum absolute atomic E-state index is 11.6. The van der Waals surface area contributed by atoms with Gasteiger partial charge in [0, 0.05) is 24.4 Å². The third kappa shape index (κ3) is 1.44. The maximum Gasteiger partial charge on any atom is 0.168 e. The van der Waals surface area contributed by atoms with E-state index in [0.717, 1.165) is 12.8 Å². The van der Waals surface area contributed by atoms with Gasteiger partial charge in [-0.05, 0) is 25.3 Å². The number of aliphatic hydroxyl groups is 1. The van der Waals surface area contributed by atoms with Crippen LogP contribution in [0, 0.1) is 0 Å². The number of ketones is 1. The van der Waals surface area contributed by atoms with Crippen molar-refractivity contribution in [3.63, 3.8) is 0 Å². The smallest absolute Gasteiger partial charge is 0.168 e. The number of carbonyl (C=O) groups excluding carboxylic acids is 1. The Morgan fingerprint density at radius 1 is 1.43 bits per heavy atom. The number of hydrogen-bond acceptors (Lipinski definition) is 3. The van der Waals surface area contributed by atoms with E-state index in [-0.39, 0.29) is 5.78 Å². The van der Waals surface area contributed by atoms with Crippen molar-refractivity contribution in [1.29, 1.82) is 0 Å². The standard InChI is InChI=1S/C11H13NO2/c13-10-5-1-2-6-11(10,14)9-4-3-7-12-8-9/h3-4,7-8,14H,1-2,5-6H2. The molecule has 1 aromatic heterocycles. The third-order valence-corrected chi connectivity index (χ3v) is 2.79. The van der Waals surface area contributed by atoms with Crippen LogP contribution in [0.3, 0.4) is 0 Å². The lowest BCUT2D eigenvalue weighted by molar-refractivity contribution is -0.142. The molecular formula is C11H13NO2. The summed E-state index contributed by atoms with van der Waals surface area (Å²) in [6.45, 7) is 0. The minimum atomic E-state index is -1.27. The van der Waals surface area contributed by atoms with Crippen molar-refractivity contribution < 1.29 is 9.90 Å². The second-order valence-electron chi connectivity index (χ2n) is 3.73. The lowest BCUT2D eigenvalue weighted by atomic mass is 9.79. The van der Waals surface area contributed by atoms with E-state index in [1.165, 1.54) is 0 Å². The lowest BCUT2D eigenvalue weighted by Gasteiger charge is -2.30. The van der Waals surface area contributed by atoms with Crippen LogP contribution in [0.15, 0.2) is 24.5 Å². The van der Waals surface area contributed by atoms with Crippen molar-refractivity contribution in [2.45, 2.75) is 31.3 Å². The van der Waals surface area contributed by atoms with Gasteiger partial charge in [0.15, 0.2) is 5.78 Å². The van der Waals surface area contributed by atoms with Gasteiger partial charge in [0.25, 0.3) is 0 Å². The molecule has 74 valence electrons. The Hall–Kier alpha value is -1.22. The second-order valence-corrected chi connectivity index (χ2v) is 3.73. The fraction of sp³-hybridized carbons (Fsp3) is 0.455. The molecule has 0 bridgehead atoms. The van der Waals surface area contributed by atoms with Crippen LogP contribution in [0.1, 0.15) is 31.2 Å². The number of hydrogen-bond donors (Lipinski definition) is 1. The van der Waals surface area contributed by atoms with Gasteiger partial charge in [0.1, 0.15) is 5.60 Å². The summed E-state index contributed by atoms with van der Waals surface area (Å²) in [4.78, 5) is 15.6. The number of Topliss-reactive ketones (excluding diaryl/α,β-unsaturated/α-hetero) is 1. The molecule has 1 aliphatic carbocycles. The summed E-state index contributed by atoms with van der Waals surface area (Å²) < 4.78 is 0. The van der Waals surface area contributed by atoms with Crippen LogP contribution in [0.2, 0.25) is 0 Å². The highest BCUT2D eigenvalue weighted by atomic mass is 16.3. The minimum Gasteiger partial charge on any atom is -0.377 e. The van der Waals surface area contributed by atoms with Crippen LogP contribution >= 0.6 is 0 Å². The van der Waals surface area contributed by atoms with Gasteiger partial charge >= 0.3 is 0 Å². The summed E-state index contributed by atoms with van der Waals surface area (Å²) in [6, 6.07) is 3.51. The fourth-order valence-electron chi connectivity index (χ4n) is 1.93. The molecule has 3 nitrogen and oxygen atoms in total. The van der Waals surface area contributed by atoms with Gasteiger partial charge in [0.2, 0.25) is 0 Å². The van der Waals surface area contributed by atoms with Crippen molar-refractivity contribution in [3.8, 4) is 0 Å². The molecular weight excluding hydrogens is 178 g/mol. The maximum atomic E-state index is 11.6. The zero-order chi connectivity index (χ0) is 10.0. The Morgan fingerprint density at radius 2 is 2.29 bits per heavy atom. The first-order chi connectivity index (χ1) is 6.73. The van der Waals surface area contributed by atoms with Gasteiger partial charge < -0.3 is 5.11 Å². The second kappa shape index (κ2) is 3.50. The van der Waals surface area contributed by atoms with E-state index in [2.05, 4.69) is 4.98 Å². The van der Waals surface area contributed by atoms with E-state index in [9.17, 15) is 9.90 Å². The molecule has 1 unspecified atom stereocenters. The van der Waals surface area contributed by atoms with E-state index in [0.29, 0.717) is 18.4 Å². The zero-order valence-corrected chi connectivity index (χ0v) is 7.94. The van der Waals surface area contributed by atoms with Crippen molar-refractivity contribution >= 4 is 5.78 Å². The first kappa shape index (κ1) is 9.34. The van der Waals surface area contributed by atoms with E-state index in [1.807, 2.05) is 0 Å². The van der Waals surface area contributed by atoms with Crippen molar-refractivity contribution in [3.05, 3.63) is 30.1 Å². The molecule has 0 amide bonds. The van der Waals surface area contributed by atoms with Gasteiger partial charge in [-0.3, -0.25) is 9.78 Å². The molecule has 1 heterocycles. The SMILES string of the molecule is O=C1CCCCC1(O)c1cccnc1. The largest absolute Gasteiger partial charge is 0.377 e. The zero-order valence-electron chi connectivity index (χ0n) is 7.94. The molecule has 0 spiro atoms. The summed E-state index contributed by atoms with van der Waals surface area (Å²) in [5.74, 6) is -0.0725. The Labute approximate surface area is 82.8 Å². The summed E-state index contributed by atoms with van der Waals surface area (Å²) in [7, 11) is 0. The first-order valence-corrected chi connectivity index (χ1v) is 4.90. The number of rotatable bonds is 1. The van der Waals surface area contributed by atoms with Crippen LogP contribution in [-0.4, -0.2) is 15.9 Å². The highest BCUT2D eigenvalue weighted by Crippen LogP contribution is 2.33. The average molecular weight is 191 g/mol. The molecule has 2 rings (SSSR count). The highest BCUT2D eigenvalue weighted by molar-refractivity contribution is 5.88. The number of aromatic nitrogens is 1. The van der Waals surface area contributed by atoms with E-state index >= 15 is 0 Å². The molecule has 1 aliphatic rings. The monoisotopic (exact) mass is 191 g/mol. The third-order valence-electron chi connectivity index (χ3n) is 2.79. The van der Waals surface area contributed by atoms with Crippen LogP contribution < -0.4 is 0 Å². The highest BCUT2D eigenvalue weighted by Gasteiger charge is 2.39. The summed E-state index contributed by atoms with van der Waals surface area (Å²) >= 11 is 0. The van der Waals surface area contributed by atoms with E-state index in [4.69, 9.17) is 0 Å². The average Bonchev–Trinajstić information content (AvgIpc) is 2.24. The van der Waals surface area contributed by atoms with E-state index in [1.54, 1.807) is 24.5 Å². The Balaban J connectivity index is 2.35. The molecule has 3 heteroatoms. The van der Waals surface area contributed by atoms with Gasteiger partial charge in [-0.1, -0.05) is 6.07 Å². The van der Waals surface area contributed by atoms with Gasteiger partial charge in [0.05, 0.1) is 0 Å². The van der Waals surface area contributed by atoms with Crippen LogP contribution in [0.4, 0.5) is 0 Å². The number of nitrogens with zero attached hydrogens (tertiary/aromatic N) is 1. The van der Waals surface area contributed by atoms with Crippen molar-refractivity contribution in [1.82, 2.24) is 4.98 Å². The topological polar surface area (TPSA) is 50.2 Å². The molecule has 1 N–H and O–H groups in total. The van der Waals surface area contributed by atoms with Gasteiger partial charge in [-0.25, -0.2) is 0 Å². The Morgan fingerprint density at radius 3 is 2.93 bits per heavy atom. The molecule has 1 fully saturated rings. The number of carbonyl (C=O) groups is 1. The van der Waals surface area contributed by atoms with Crippen molar-refractivity contribution in [2.24, 2.45) is 0 Å². The lowest BCUT2D eigenvalue weighted by Crippen LogP contribution is -2.38. The molecule has 0 aliphatic heterocycles. The Kier molecular flexibility index (Phi) is 2.33. The predicted octanol–water partition coefficient (Wildman–Crippen LogP) is 1.41. The van der Waals surface area contributed by atoms with Gasteiger partial charge in [-0.15, -0.1) is 0 Å². The van der Waals surface area contributed by atoms with Crippen LogP contribution in [-0.2, 0) is 10.4 Å². The Bertz CT molecular complexity index is 336. The first-order valence-electron chi connectivity index (χ1n) is 4.90. The van der Waals surface area contributed by atoms with Crippen LogP contribution in [0.25, 0.3) is 0 Å². The van der Waals surface area contributed by atoms with E-state index < -0.39 is 5.60 Å². The summed E-state index contributed by atoms with van der Waals surface area (Å²) in [6.07, 6.45) is 6.00. The molecule has 1 atom stereocenters. The predicted molar refractivity (Wildman–Crippen MR) is 51.6 cm³/mol.